The Balaban J connectivity index is 1.46. The highest BCUT2D eigenvalue weighted by Crippen LogP contribution is 2.35. The van der Waals surface area contributed by atoms with Crippen molar-refractivity contribution in [3.05, 3.63) is 76.3 Å². The van der Waals surface area contributed by atoms with Crippen LogP contribution in [0.3, 0.4) is 0 Å². The number of rotatable bonds is 8. The lowest BCUT2D eigenvalue weighted by molar-refractivity contribution is -0.128. The molecule has 0 spiro atoms. The number of hydrogen-bond donors (Lipinski definition) is 3. The molecule has 11 nitrogen and oxygen atoms in total. The molecule has 2 aromatic heterocycles. The van der Waals surface area contributed by atoms with Gasteiger partial charge in [-0.3, -0.25) is 19.1 Å². The summed E-state index contributed by atoms with van der Waals surface area (Å²) in [5.74, 6) is -3.08. The summed E-state index contributed by atoms with van der Waals surface area (Å²) in [6, 6.07) is 5.59. The molecular formula is C26H28F2N6O5S. The Morgan fingerprint density at radius 1 is 1.07 bits per heavy atom. The summed E-state index contributed by atoms with van der Waals surface area (Å²) in [5.41, 5.74) is 0.345. The third-order valence-corrected chi connectivity index (χ3v) is 7.27. The summed E-state index contributed by atoms with van der Waals surface area (Å²) in [5, 5.41) is 9.21. The van der Waals surface area contributed by atoms with E-state index in [1.54, 1.807) is 26.0 Å². The molecule has 4 rings (SSSR count). The van der Waals surface area contributed by atoms with Gasteiger partial charge in [0.15, 0.2) is 11.5 Å². The first-order valence-electron chi connectivity index (χ1n) is 12.3. The lowest BCUT2D eigenvalue weighted by atomic mass is 9.76. The molecule has 1 aromatic carbocycles. The van der Waals surface area contributed by atoms with E-state index in [2.05, 4.69) is 20.7 Å². The van der Waals surface area contributed by atoms with Crippen molar-refractivity contribution in [3.63, 3.8) is 0 Å². The first kappa shape index (κ1) is 28.8. The predicted octanol–water partition coefficient (Wildman–Crippen LogP) is 2.17. The Hall–Kier alpha value is -4.20. The molecule has 1 aliphatic rings. The fourth-order valence-corrected chi connectivity index (χ4v) is 4.84. The molecule has 3 amide bonds. The standard InChI is InChI=1S/C26H28F2N6O5S/c1-15-10-17(4-5-18(15)27)13-29-23(35)20-11-21(34-22(32-20)19(28)14-31-34)24(36)30-12-16-6-8-26(2,9-7-16)25(37)33-40(3,38)39/h4-6,10-11,14H,7-9,12-13H2,1-3H3,(H,29,35)(H,30,36)(H,33,37). The monoisotopic (exact) mass is 574 g/mol. The van der Waals surface area contributed by atoms with Crippen molar-refractivity contribution in [3.8, 4) is 0 Å². The average molecular weight is 575 g/mol. The topological polar surface area (TPSA) is 152 Å². The Bertz CT molecular complexity index is 1650. The van der Waals surface area contributed by atoms with Crippen LogP contribution in [0.5, 0.6) is 0 Å². The molecule has 1 aliphatic carbocycles. The number of allylic oxidation sites excluding steroid dienone is 1. The van der Waals surface area contributed by atoms with E-state index in [-0.39, 0.29) is 42.4 Å². The largest absolute Gasteiger partial charge is 0.347 e. The van der Waals surface area contributed by atoms with Crippen LogP contribution < -0.4 is 15.4 Å². The van der Waals surface area contributed by atoms with Crippen LogP contribution in [-0.2, 0) is 21.4 Å². The number of aryl methyl sites for hydroxylation is 1. The van der Waals surface area contributed by atoms with Crippen LogP contribution in [0, 0.1) is 24.0 Å². The summed E-state index contributed by atoms with van der Waals surface area (Å²) < 4.78 is 53.7. The summed E-state index contributed by atoms with van der Waals surface area (Å²) in [4.78, 5) is 42.3. The lowest BCUT2D eigenvalue weighted by Crippen LogP contribution is -2.42. The summed E-state index contributed by atoms with van der Waals surface area (Å²) in [6.45, 7) is 3.44. The maximum atomic E-state index is 14.4. The van der Waals surface area contributed by atoms with Crippen LogP contribution in [-0.4, -0.2) is 53.5 Å². The van der Waals surface area contributed by atoms with E-state index in [1.165, 1.54) is 18.2 Å². The van der Waals surface area contributed by atoms with Crippen LogP contribution >= 0.6 is 0 Å². The van der Waals surface area contributed by atoms with Crippen molar-refractivity contribution in [2.24, 2.45) is 5.41 Å². The number of carbonyl (C=O) groups excluding carboxylic acids is 3. The number of carbonyl (C=O) groups is 3. The number of halogens is 2. The number of fused-ring (bicyclic) bond motifs is 1. The second-order valence-electron chi connectivity index (χ2n) is 10.0. The van der Waals surface area contributed by atoms with Gasteiger partial charge >= 0.3 is 0 Å². The van der Waals surface area contributed by atoms with Gasteiger partial charge in [-0.25, -0.2) is 26.7 Å². The van der Waals surface area contributed by atoms with Crippen molar-refractivity contribution < 1.29 is 31.6 Å². The van der Waals surface area contributed by atoms with Crippen LogP contribution in [0.15, 0.2) is 42.1 Å². The van der Waals surface area contributed by atoms with E-state index in [0.717, 1.165) is 22.5 Å². The first-order valence-corrected chi connectivity index (χ1v) is 14.2. The van der Waals surface area contributed by atoms with Crippen LogP contribution in [0.2, 0.25) is 0 Å². The summed E-state index contributed by atoms with van der Waals surface area (Å²) in [7, 11) is -3.68. The first-order chi connectivity index (χ1) is 18.8. The predicted molar refractivity (Wildman–Crippen MR) is 141 cm³/mol. The number of amides is 3. The minimum Gasteiger partial charge on any atom is -0.347 e. The Morgan fingerprint density at radius 3 is 2.45 bits per heavy atom. The number of nitrogens with one attached hydrogen (secondary N) is 3. The third-order valence-electron chi connectivity index (χ3n) is 6.71. The molecule has 1 unspecified atom stereocenters. The Kier molecular flexibility index (Phi) is 8.00. The van der Waals surface area contributed by atoms with Gasteiger partial charge in [0.05, 0.1) is 17.9 Å². The normalized spacial score (nSPS) is 17.3. The van der Waals surface area contributed by atoms with Crippen molar-refractivity contribution in [1.29, 1.82) is 0 Å². The van der Waals surface area contributed by atoms with Gasteiger partial charge in [0.25, 0.3) is 11.8 Å². The van der Waals surface area contributed by atoms with Gasteiger partial charge < -0.3 is 10.6 Å². The van der Waals surface area contributed by atoms with E-state index in [1.807, 2.05) is 4.72 Å². The number of benzene rings is 1. The maximum Gasteiger partial charge on any atom is 0.270 e. The zero-order valence-corrected chi connectivity index (χ0v) is 22.9. The molecule has 212 valence electrons. The molecule has 0 aliphatic heterocycles. The second-order valence-corrected chi connectivity index (χ2v) is 11.8. The second kappa shape index (κ2) is 11.1. The minimum atomic E-state index is -3.68. The van der Waals surface area contributed by atoms with Gasteiger partial charge in [-0.05, 0) is 43.4 Å². The van der Waals surface area contributed by atoms with Crippen molar-refractivity contribution >= 4 is 33.4 Å². The molecule has 1 atom stereocenters. The molecule has 0 saturated carbocycles. The SMILES string of the molecule is Cc1cc(CNC(=O)c2cc(C(=O)NCC3=CCC(C)(C(=O)NS(C)(=O)=O)CC3)n3ncc(F)c3n2)ccc1F. The number of sulfonamides is 1. The quantitative estimate of drug-likeness (QED) is 0.349. The minimum absolute atomic E-state index is 0.0609. The molecule has 40 heavy (non-hydrogen) atoms. The highest BCUT2D eigenvalue weighted by molar-refractivity contribution is 7.89. The number of nitrogens with zero attached hydrogens (tertiary/aromatic N) is 3. The average Bonchev–Trinajstić information content (AvgIpc) is 3.27. The molecule has 3 aromatic rings. The van der Waals surface area contributed by atoms with Crippen LogP contribution in [0.25, 0.3) is 5.65 Å². The molecule has 14 heteroatoms. The van der Waals surface area contributed by atoms with Gasteiger partial charge in [-0.1, -0.05) is 30.7 Å². The summed E-state index contributed by atoms with van der Waals surface area (Å²) in [6.07, 6.45) is 4.66. The highest BCUT2D eigenvalue weighted by Gasteiger charge is 2.36. The zero-order valence-electron chi connectivity index (χ0n) is 22.0. The van der Waals surface area contributed by atoms with E-state index >= 15 is 0 Å². The molecule has 0 fully saturated rings. The smallest absolute Gasteiger partial charge is 0.270 e. The summed E-state index contributed by atoms with van der Waals surface area (Å²) >= 11 is 0. The molecule has 0 radical (unpaired) electrons. The van der Waals surface area contributed by atoms with Gasteiger partial charge in [0.2, 0.25) is 15.9 Å². The number of hydrogen-bond acceptors (Lipinski definition) is 7. The number of aromatic nitrogens is 3. The van der Waals surface area contributed by atoms with Crippen molar-refractivity contribution in [2.45, 2.75) is 39.7 Å². The maximum absolute atomic E-state index is 14.4. The third kappa shape index (κ3) is 6.50. The van der Waals surface area contributed by atoms with E-state index in [9.17, 15) is 31.6 Å². The van der Waals surface area contributed by atoms with Gasteiger partial charge in [0, 0.05) is 19.2 Å². The van der Waals surface area contributed by atoms with Gasteiger partial charge in [-0.2, -0.15) is 5.10 Å². The van der Waals surface area contributed by atoms with Crippen LogP contribution in [0.1, 0.15) is 58.3 Å². The molecule has 0 bridgehead atoms. The van der Waals surface area contributed by atoms with E-state index < -0.39 is 39.0 Å². The van der Waals surface area contributed by atoms with Crippen LogP contribution in [0.4, 0.5) is 8.78 Å². The highest BCUT2D eigenvalue weighted by atomic mass is 32.2. The zero-order chi connectivity index (χ0) is 29.2. The van der Waals surface area contributed by atoms with Crippen molar-refractivity contribution in [1.82, 2.24) is 30.0 Å². The fourth-order valence-electron chi connectivity index (χ4n) is 4.26. The van der Waals surface area contributed by atoms with Gasteiger partial charge in [-0.15, -0.1) is 0 Å². The molecule has 0 saturated heterocycles. The fraction of sp³-hybridized carbons (Fsp3) is 0.346. The lowest BCUT2D eigenvalue weighted by Gasteiger charge is -2.31. The van der Waals surface area contributed by atoms with E-state index in [0.29, 0.717) is 24.0 Å². The molecular weight excluding hydrogens is 546 g/mol. The molecule has 2 heterocycles. The van der Waals surface area contributed by atoms with E-state index in [4.69, 9.17) is 0 Å². The Morgan fingerprint density at radius 2 is 1.80 bits per heavy atom. The Labute approximate surface area is 229 Å². The van der Waals surface area contributed by atoms with Gasteiger partial charge in [0.1, 0.15) is 17.2 Å². The van der Waals surface area contributed by atoms with Crippen molar-refractivity contribution in [2.75, 3.05) is 12.8 Å². The molecule has 3 N–H and O–H groups in total.